The van der Waals surface area contributed by atoms with Gasteiger partial charge in [-0.2, -0.15) is 0 Å². The highest BCUT2D eigenvalue weighted by molar-refractivity contribution is 5.79. The van der Waals surface area contributed by atoms with Gasteiger partial charge in [0.15, 0.2) is 0 Å². The fraction of sp³-hybridized carbons (Fsp3) is 0.455. The molecule has 0 aliphatic heterocycles. The number of aromatic nitrogens is 1. The van der Waals surface area contributed by atoms with Crippen molar-refractivity contribution < 1.29 is 4.79 Å². The maximum Gasteiger partial charge on any atom is 0.235 e. The van der Waals surface area contributed by atoms with Gasteiger partial charge in [-0.15, -0.1) is 0 Å². The van der Waals surface area contributed by atoms with Crippen molar-refractivity contribution in [2.45, 2.75) is 19.5 Å². The van der Waals surface area contributed by atoms with Gasteiger partial charge in [-0.1, -0.05) is 6.92 Å². The molecule has 0 aromatic carbocycles. The van der Waals surface area contributed by atoms with E-state index >= 15 is 0 Å². The molecule has 0 saturated carbocycles. The quantitative estimate of drug-likeness (QED) is 0.693. The average molecular weight is 222 g/mol. The van der Waals surface area contributed by atoms with Gasteiger partial charge in [0.25, 0.3) is 0 Å². The van der Waals surface area contributed by atoms with Gasteiger partial charge in [0.05, 0.1) is 6.04 Å². The second kappa shape index (κ2) is 6.19. The molecule has 1 unspecified atom stereocenters. The monoisotopic (exact) mass is 222 g/mol. The van der Waals surface area contributed by atoms with E-state index in [1.165, 1.54) is 0 Å². The first-order valence-corrected chi connectivity index (χ1v) is 5.29. The Morgan fingerprint density at radius 3 is 2.62 bits per heavy atom. The Kier molecular flexibility index (Phi) is 4.88. The fourth-order valence-electron chi connectivity index (χ4n) is 1.42. The molecule has 0 aliphatic rings. The molecule has 0 saturated heterocycles. The largest absolute Gasteiger partial charge is 0.368 e. The lowest BCUT2D eigenvalue weighted by Crippen LogP contribution is -2.45. The van der Waals surface area contributed by atoms with Crippen LogP contribution in [0.25, 0.3) is 0 Å². The van der Waals surface area contributed by atoms with Gasteiger partial charge in [-0.25, -0.2) is 0 Å². The smallest absolute Gasteiger partial charge is 0.235 e. The van der Waals surface area contributed by atoms with Crippen molar-refractivity contribution in [3.05, 3.63) is 30.1 Å². The number of carbonyl (C=O) groups is 1. The number of nitrogens with two attached hydrogens (primary N) is 2. The highest BCUT2D eigenvalue weighted by Crippen LogP contribution is 2.03. The number of carbonyl (C=O) groups excluding carboxylic acids is 1. The van der Waals surface area contributed by atoms with Crippen LogP contribution in [0.1, 0.15) is 12.5 Å². The average Bonchev–Trinajstić information content (AvgIpc) is 2.29. The molecule has 5 heteroatoms. The maximum atomic E-state index is 10.9. The van der Waals surface area contributed by atoms with E-state index in [0.717, 1.165) is 18.7 Å². The van der Waals surface area contributed by atoms with Crippen molar-refractivity contribution in [1.29, 1.82) is 0 Å². The van der Waals surface area contributed by atoms with E-state index in [-0.39, 0.29) is 0 Å². The van der Waals surface area contributed by atoms with Crippen LogP contribution in [0, 0.1) is 0 Å². The van der Waals surface area contributed by atoms with Crippen LogP contribution in [-0.2, 0) is 11.3 Å². The summed E-state index contributed by atoms with van der Waals surface area (Å²) in [6, 6.07) is 3.28. The summed E-state index contributed by atoms with van der Waals surface area (Å²) in [7, 11) is 0. The lowest BCUT2D eigenvalue weighted by atomic mass is 10.2. The van der Waals surface area contributed by atoms with Crippen LogP contribution in [-0.4, -0.2) is 34.9 Å². The summed E-state index contributed by atoms with van der Waals surface area (Å²) >= 11 is 0. The van der Waals surface area contributed by atoms with E-state index in [1.54, 1.807) is 12.4 Å². The molecule has 4 N–H and O–H groups in total. The van der Waals surface area contributed by atoms with Crippen molar-refractivity contribution in [3.63, 3.8) is 0 Å². The van der Waals surface area contributed by atoms with Gasteiger partial charge >= 0.3 is 0 Å². The minimum absolute atomic E-state index is 0.465. The lowest BCUT2D eigenvalue weighted by molar-refractivity contribution is -0.119. The molecule has 88 valence electrons. The summed E-state index contributed by atoms with van der Waals surface area (Å²) in [5.74, 6) is -0.465. The number of likely N-dealkylation sites (N-methyl/N-ethyl adjacent to an activating group) is 1. The van der Waals surface area contributed by atoms with Crippen LogP contribution < -0.4 is 11.5 Å². The van der Waals surface area contributed by atoms with E-state index in [0.29, 0.717) is 6.54 Å². The Bertz CT molecular complexity index is 328. The Morgan fingerprint density at radius 1 is 1.50 bits per heavy atom. The highest BCUT2D eigenvalue weighted by Gasteiger charge is 2.13. The summed E-state index contributed by atoms with van der Waals surface area (Å²) < 4.78 is 0. The van der Waals surface area contributed by atoms with Crippen LogP contribution in [0.4, 0.5) is 0 Å². The zero-order valence-corrected chi connectivity index (χ0v) is 9.47. The molecule has 0 aliphatic carbocycles. The topological polar surface area (TPSA) is 85.2 Å². The Morgan fingerprint density at radius 2 is 2.12 bits per heavy atom. The first-order chi connectivity index (χ1) is 7.63. The maximum absolute atomic E-state index is 10.9. The van der Waals surface area contributed by atoms with Crippen LogP contribution in [0.2, 0.25) is 0 Å². The molecule has 0 bridgehead atoms. The summed E-state index contributed by atoms with van der Waals surface area (Å²) in [5, 5.41) is 0. The van der Waals surface area contributed by atoms with Gasteiger partial charge < -0.3 is 11.5 Å². The first kappa shape index (κ1) is 12.6. The van der Waals surface area contributed by atoms with Crippen molar-refractivity contribution in [2.24, 2.45) is 11.5 Å². The number of primary amides is 1. The van der Waals surface area contributed by atoms with Gasteiger partial charge in [0.1, 0.15) is 0 Å². The number of nitrogens with zero attached hydrogens (tertiary/aromatic N) is 2. The fourth-order valence-corrected chi connectivity index (χ4v) is 1.42. The number of amides is 1. The van der Waals surface area contributed by atoms with Crippen molar-refractivity contribution >= 4 is 5.91 Å². The van der Waals surface area contributed by atoms with E-state index in [1.807, 2.05) is 19.1 Å². The third-order valence-electron chi connectivity index (χ3n) is 2.42. The third-order valence-corrected chi connectivity index (χ3v) is 2.42. The standard InChI is InChI=1S/C11H18N4O/c1-2-15(8-10(12)11(13)16)7-9-3-5-14-6-4-9/h3-6,10H,2,7-8,12H2,1H3,(H2,13,16). The van der Waals surface area contributed by atoms with Crippen molar-refractivity contribution in [1.82, 2.24) is 9.88 Å². The van der Waals surface area contributed by atoms with Gasteiger partial charge in [0.2, 0.25) is 5.91 Å². The predicted octanol–water partition coefficient (Wildman–Crippen LogP) is -0.284. The van der Waals surface area contributed by atoms with Crippen molar-refractivity contribution in [3.8, 4) is 0 Å². The van der Waals surface area contributed by atoms with Crippen LogP contribution in [0.3, 0.4) is 0 Å². The number of pyridine rings is 1. The Hall–Kier alpha value is -1.46. The highest BCUT2D eigenvalue weighted by atomic mass is 16.1. The zero-order valence-electron chi connectivity index (χ0n) is 9.47. The van der Waals surface area contributed by atoms with Crippen molar-refractivity contribution in [2.75, 3.05) is 13.1 Å². The lowest BCUT2D eigenvalue weighted by Gasteiger charge is -2.22. The van der Waals surface area contributed by atoms with Crippen LogP contribution in [0.5, 0.6) is 0 Å². The summed E-state index contributed by atoms with van der Waals surface area (Å²) in [6.07, 6.45) is 3.49. The minimum atomic E-state index is -0.609. The normalized spacial score (nSPS) is 12.7. The van der Waals surface area contributed by atoms with Gasteiger partial charge in [-0.05, 0) is 24.2 Å². The number of hydrogen-bond donors (Lipinski definition) is 2. The second-order valence-corrected chi connectivity index (χ2v) is 3.69. The third kappa shape index (κ3) is 3.96. The zero-order chi connectivity index (χ0) is 12.0. The second-order valence-electron chi connectivity index (χ2n) is 3.69. The summed E-state index contributed by atoms with van der Waals surface area (Å²) in [5.41, 5.74) is 11.9. The van der Waals surface area contributed by atoms with E-state index in [9.17, 15) is 4.79 Å². The summed E-state index contributed by atoms with van der Waals surface area (Å²) in [6.45, 7) is 4.08. The molecule has 1 heterocycles. The van der Waals surface area contributed by atoms with Gasteiger partial charge in [-0.3, -0.25) is 14.7 Å². The molecule has 1 amide bonds. The van der Waals surface area contributed by atoms with Crippen LogP contribution in [0.15, 0.2) is 24.5 Å². The van der Waals surface area contributed by atoms with Gasteiger partial charge in [0, 0.05) is 25.5 Å². The molecular formula is C11H18N4O. The van der Waals surface area contributed by atoms with E-state index in [4.69, 9.17) is 11.5 Å². The molecule has 1 atom stereocenters. The molecular weight excluding hydrogens is 204 g/mol. The van der Waals surface area contributed by atoms with Crippen LogP contribution >= 0.6 is 0 Å². The number of rotatable bonds is 6. The molecule has 0 radical (unpaired) electrons. The van der Waals surface area contributed by atoms with E-state index < -0.39 is 11.9 Å². The SMILES string of the molecule is CCN(Cc1ccncc1)CC(N)C(N)=O. The molecule has 1 rings (SSSR count). The minimum Gasteiger partial charge on any atom is -0.368 e. The first-order valence-electron chi connectivity index (χ1n) is 5.29. The predicted molar refractivity (Wildman–Crippen MR) is 62.4 cm³/mol. The molecule has 5 nitrogen and oxygen atoms in total. The Balaban J connectivity index is 2.53. The van der Waals surface area contributed by atoms with E-state index in [2.05, 4.69) is 9.88 Å². The molecule has 1 aromatic rings. The Labute approximate surface area is 95.4 Å². The number of hydrogen-bond acceptors (Lipinski definition) is 4. The molecule has 0 fully saturated rings. The summed E-state index contributed by atoms with van der Waals surface area (Å²) in [4.78, 5) is 16.9. The molecule has 16 heavy (non-hydrogen) atoms. The molecule has 1 aromatic heterocycles. The molecule has 0 spiro atoms.